The van der Waals surface area contributed by atoms with E-state index in [4.69, 9.17) is 4.74 Å². The van der Waals surface area contributed by atoms with Gasteiger partial charge in [-0.05, 0) is 39.5 Å². The molecule has 0 N–H and O–H groups in total. The number of esters is 1. The second-order valence-electron chi connectivity index (χ2n) is 4.50. The molecule has 0 saturated carbocycles. The van der Waals surface area contributed by atoms with Crippen LogP contribution in [0.15, 0.2) is 28.3 Å². The lowest BCUT2D eigenvalue weighted by molar-refractivity contribution is 0.0527. The Bertz CT molecular complexity index is 604. The number of pyridine rings is 1. The molecule has 0 amide bonds. The third-order valence-electron chi connectivity index (χ3n) is 3.07. The van der Waals surface area contributed by atoms with Gasteiger partial charge in [-0.1, -0.05) is 19.9 Å². The predicted molar refractivity (Wildman–Crippen MR) is 91.0 cm³/mol. The molecule has 0 spiro atoms. The van der Waals surface area contributed by atoms with Gasteiger partial charge in [-0.2, -0.15) is 0 Å². The fourth-order valence-electron chi connectivity index (χ4n) is 2.00. The Hall–Kier alpha value is -2.30. The number of hydrogen-bond acceptors (Lipinski definition) is 5. The average Bonchev–Trinajstić information content (AvgIpc) is 2.53. The number of aromatic nitrogens is 1. The lowest BCUT2D eigenvalue weighted by Crippen LogP contribution is -2.07. The minimum atomic E-state index is -0.447. The SMILES string of the molecule is C=Nc1c(CC)ncc(C(=O)OCC)c1N=C(/C=C\C)CC. The van der Waals surface area contributed by atoms with Crippen molar-refractivity contribution in [3.63, 3.8) is 0 Å². The molecule has 0 bridgehead atoms. The Kier molecular flexibility index (Phi) is 7.16. The topological polar surface area (TPSA) is 63.9 Å². The predicted octanol–water partition coefficient (Wildman–Crippen LogP) is 4.21. The van der Waals surface area contributed by atoms with Crippen molar-refractivity contribution in [2.24, 2.45) is 9.98 Å². The quantitative estimate of drug-likeness (QED) is 0.559. The largest absolute Gasteiger partial charge is 0.462 e. The van der Waals surface area contributed by atoms with Crippen molar-refractivity contribution in [2.75, 3.05) is 6.61 Å². The second kappa shape index (κ2) is 8.87. The van der Waals surface area contributed by atoms with Crippen molar-refractivity contribution in [2.45, 2.75) is 40.5 Å². The summed E-state index contributed by atoms with van der Waals surface area (Å²) in [6.07, 6.45) is 6.76. The first-order valence-corrected chi connectivity index (χ1v) is 7.48. The summed E-state index contributed by atoms with van der Waals surface area (Å²) < 4.78 is 5.09. The first-order valence-electron chi connectivity index (χ1n) is 7.48. The lowest BCUT2D eigenvalue weighted by atomic mass is 10.1. The Labute approximate surface area is 131 Å². The number of aliphatic imine (C=N–C) groups is 2. The van der Waals surface area contributed by atoms with Crippen LogP contribution < -0.4 is 0 Å². The summed E-state index contributed by atoms with van der Waals surface area (Å²) >= 11 is 0. The van der Waals surface area contributed by atoms with Crippen molar-refractivity contribution in [3.05, 3.63) is 29.6 Å². The zero-order valence-corrected chi connectivity index (χ0v) is 13.7. The third-order valence-corrected chi connectivity index (χ3v) is 3.07. The van der Waals surface area contributed by atoms with E-state index in [-0.39, 0.29) is 0 Å². The van der Waals surface area contributed by atoms with Gasteiger partial charge in [0.25, 0.3) is 0 Å². The van der Waals surface area contributed by atoms with Crippen LogP contribution in [0.3, 0.4) is 0 Å². The zero-order valence-electron chi connectivity index (χ0n) is 13.7. The van der Waals surface area contributed by atoms with Gasteiger partial charge in [0, 0.05) is 11.9 Å². The highest BCUT2D eigenvalue weighted by Gasteiger charge is 2.19. The average molecular weight is 301 g/mol. The lowest BCUT2D eigenvalue weighted by Gasteiger charge is -2.11. The Morgan fingerprint density at radius 2 is 2.09 bits per heavy atom. The van der Waals surface area contributed by atoms with Gasteiger partial charge in [0.05, 0.1) is 12.3 Å². The smallest absolute Gasteiger partial charge is 0.341 e. The summed E-state index contributed by atoms with van der Waals surface area (Å²) in [5, 5.41) is 0. The summed E-state index contributed by atoms with van der Waals surface area (Å²) in [6, 6.07) is 0. The summed E-state index contributed by atoms with van der Waals surface area (Å²) in [5.41, 5.74) is 2.96. The van der Waals surface area contributed by atoms with Gasteiger partial charge >= 0.3 is 5.97 Å². The zero-order chi connectivity index (χ0) is 16.5. The Morgan fingerprint density at radius 3 is 2.59 bits per heavy atom. The summed E-state index contributed by atoms with van der Waals surface area (Å²) in [7, 11) is 0. The highest BCUT2D eigenvalue weighted by Crippen LogP contribution is 2.35. The van der Waals surface area contributed by atoms with Crippen LogP contribution in [0.4, 0.5) is 11.4 Å². The maximum absolute atomic E-state index is 12.1. The van der Waals surface area contributed by atoms with E-state index in [9.17, 15) is 4.79 Å². The number of aryl methyl sites for hydroxylation is 1. The molecule has 0 aromatic carbocycles. The molecule has 0 fully saturated rings. The molecule has 0 aliphatic rings. The molecule has 118 valence electrons. The fourth-order valence-corrected chi connectivity index (χ4v) is 2.00. The normalized spacial score (nSPS) is 11.7. The molecule has 0 aliphatic heterocycles. The summed E-state index contributed by atoms with van der Waals surface area (Å²) in [6.45, 7) is 11.6. The number of carbonyl (C=O) groups excluding carboxylic acids is 1. The van der Waals surface area contributed by atoms with Crippen LogP contribution in [-0.4, -0.2) is 30.0 Å². The van der Waals surface area contributed by atoms with Crippen molar-refractivity contribution in [3.8, 4) is 0 Å². The minimum Gasteiger partial charge on any atom is -0.462 e. The van der Waals surface area contributed by atoms with Crippen LogP contribution >= 0.6 is 0 Å². The van der Waals surface area contributed by atoms with Crippen molar-refractivity contribution in [1.82, 2.24) is 4.98 Å². The van der Waals surface area contributed by atoms with Crippen molar-refractivity contribution >= 4 is 29.8 Å². The number of rotatable bonds is 7. The first kappa shape index (κ1) is 17.8. The molecule has 1 rings (SSSR count). The van der Waals surface area contributed by atoms with E-state index < -0.39 is 5.97 Å². The maximum atomic E-state index is 12.1. The Balaban J connectivity index is 3.59. The molecule has 0 radical (unpaired) electrons. The van der Waals surface area contributed by atoms with Crippen molar-refractivity contribution in [1.29, 1.82) is 0 Å². The third kappa shape index (κ3) is 4.10. The highest BCUT2D eigenvalue weighted by atomic mass is 16.5. The van der Waals surface area contributed by atoms with Gasteiger partial charge in [-0.15, -0.1) is 0 Å². The van der Waals surface area contributed by atoms with E-state index in [1.165, 1.54) is 6.20 Å². The van der Waals surface area contributed by atoms with Crippen molar-refractivity contribution < 1.29 is 9.53 Å². The van der Waals surface area contributed by atoms with E-state index in [1.807, 2.05) is 32.9 Å². The maximum Gasteiger partial charge on any atom is 0.341 e. The van der Waals surface area contributed by atoms with Crippen LogP contribution in [0.2, 0.25) is 0 Å². The number of carbonyl (C=O) groups is 1. The molecule has 5 nitrogen and oxygen atoms in total. The monoisotopic (exact) mass is 301 g/mol. The minimum absolute atomic E-state index is 0.296. The van der Waals surface area contributed by atoms with Gasteiger partial charge in [0.15, 0.2) is 0 Å². The molecule has 1 aromatic heterocycles. The molecular formula is C17H23N3O2. The summed E-state index contributed by atoms with van der Waals surface area (Å²) in [5.74, 6) is -0.447. The molecule has 22 heavy (non-hydrogen) atoms. The van der Waals surface area contributed by atoms with Gasteiger partial charge in [0.1, 0.15) is 16.9 Å². The Morgan fingerprint density at radius 1 is 1.36 bits per heavy atom. The standard InChI is InChI=1S/C17H23N3O2/c1-6-10-12(7-2)20-15-13(17(21)22-9-4)11-19-14(8-3)16(15)18-5/h6,10-11H,5,7-9H2,1-4H3/b10-6-,20-12?. The van der Waals surface area contributed by atoms with E-state index in [1.54, 1.807) is 6.92 Å². The van der Waals surface area contributed by atoms with E-state index in [0.29, 0.717) is 30.0 Å². The molecule has 5 heteroatoms. The fraction of sp³-hybridized carbons (Fsp3) is 0.412. The van der Waals surface area contributed by atoms with Gasteiger partial charge in [-0.25, -0.2) is 4.79 Å². The molecule has 0 aliphatic carbocycles. The van der Waals surface area contributed by atoms with Crippen LogP contribution in [0.5, 0.6) is 0 Å². The number of ether oxygens (including phenoxy) is 1. The van der Waals surface area contributed by atoms with Crippen LogP contribution in [0, 0.1) is 0 Å². The van der Waals surface area contributed by atoms with E-state index >= 15 is 0 Å². The number of hydrogen-bond donors (Lipinski definition) is 0. The second-order valence-corrected chi connectivity index (χ2v) is 4.50. The molecule has 1 heterocycles. The van der Waals surface area contributed by atoms with Crippen LogP contribution in [0.1, 0.15) is 50.2 Å². The summed E-state index contributed by atoms with van der Waals surface area (Å²) in [4.78, 5) is 25.1. The van der Waals surface area contributed by atoms with Crippen LogP contribution in [-0.2, 0) is 11.2 Å². The van der Waals surface area contributed by atoms with E-state index in [0.717, 1.165) is 17.8 Å². The molecule has 0 saturated heterocycles. The van der Waals surface area contributed by atoms with Gasteiger partial charge in [0.2, 0.25) is 0 Å². The number of nitrogens with zero attached hydrogens (tertiary/aromatic N) is 3. The van der Waals surface area contributed by atoms with Gasteiger partial charge in [-0.3, -0.25) is 15.0 Å². The number of allylic oxidation sites excluding steroid dienone is 2. The molecule has 0 unspecified atom stereocenters. The highest BCUT2D eigenvalue weighted by molar-refractivity contribution is 6.03. The van der Waals surface area contributed by atoms with Crippen LogP contribution in [0.25, 0.3) is 0 Å². The molecule has 1 aromatic rings. The van der Waals surface area contributed by atoms with Gasteiger partial charge < -0.3 is 4.74 Å². The van der Waals surface area contributed by atoms with E-state index in [2.05, 4.69) is 21.7 Å². The molecule has 0 atom stereocenters. The first-order chi connectivity index (χ1) is 10.6. The molecular weight excluding hydrogens is 278 g/mol.